The maximum atomic E-state index is 13.8. The van der Waals surface area contributed by atoms with Crippen LogP contribution in [0, 0.1) is 0 Å². The first-order valence-electron chi connectivity index (χ1n) is 12.2. The van der Waals surface area contributed by atoms with Crippen molar-refractivity contribution in [2.75, 3.05) is 56.5 Å². The van der Waals surface area contributed by atoms with Gasteiger partial charge in [0.15, 0.2) is 0 Å². The molecule has 2 N–H and O–H groups in total. The molecular formula is C26H32F3N5O2. The number of anilines is 3. The van der Waals surface area contributed by atoms with Gasteiger partial charge in [-0.05, 0) is 55.2 Å². The Hall–Kier alpha value is -3.27. The van der Waals surface area contributed by atoms with Crippen molar-refractivity contribution in [3.8, 4) is 0 Å². The van der Waals surface area contributed by atoms with Gasteiger partial charge in [0.25, 0.3) is 0 Å². The van der Waals surface area contributed by atoms with Crippen LogP contribution in [0.4, 0.5) is 30.2 Å². The lowest BCUT2D eigenvalue weighted by Gasteiger charge is -2.31. The quantitative estimate of drug-likeness (QED) is 0.601. The number of nitrogens with one attached hydrogen (secondary N) is 2. The summed E-state index contributed by atoms with van der Waals surface area (Å²) in [5.41, 5.74) is 1.49. The van der Waals surface area contributed by atoms with Crippen LogP contribution in [0.1, 0.15) is 30.4 Å². The molecular weight excluding hydrogens is 471 g/mol. The van der Waals surface area contributed by atoms with E-state index in [-0.39, 0.29) is 30.6 Å². The minimum absolute atomic E-state index is 0.000582. The molecule has 0 aromatic heterocycles. The van der Waals surface area contributed by atoms with Crippen molar-refractivity contribution in [2.24, 2.45) is 0 Å². The van der Waals surface area contributed by atoms with Crippen molar-refractivity contribution < 1.29 is 22.8 Å². The highest BCUT2D eigenvalue weighted by molar-refractivity contribution is 5.81. The summed E-state index contributed by atoms with van der Waals surface area (Å²) in [5, 5.41) is 5.90. The van der Waals surface area contributed by atoms with Crippen molar-refractivity contribution in [2.45, 2.75) is 32.0 Å². The van der Waals surface area contributed by atoms with Crippen molar-refractivity contribution >= 4 is 28.9 Å². The number of likely N-dealkylation sites (N-methyl/N-ethyl adjacent to an activating group) is 1. The molecule has 2 aromatic rings. The van der Waals surface area contributed by atoms with E-state index in [1.54, 1.807) is 36.2 Å². The summed E-state index contributed by atoms with van der Waals surface area (Å²) >= 11 is 0. The van der Waals surface area contributed by atoms with Crippen LogP contribution in [-0.4, -0.2) is 67.9 Å². The number of piperazine rings is 1. The number of alkyl halides is 3. The molecule has 2 amide bonds. The van der Waals surface area contributed by atoms with Gasteiger partial charge >= 0.3 is 6.18 Å². The monoisotopic (exact) mass is 503 g/mol. The molecule has 0 saturated carbocycles. The van der Waals surface area contributed by atoms with Crippen LogP contribution >= 0.6 is 0 Å². The number of hydrogen-bond donors (Lipinski definition) is 2. The third-order valence-electron chi connectivity index (χ3n) is 6.63. The predicted octanol–water partition coefficient (Wildman–Crippen LogP) is 3.83. The van der Waals surface area contributed by atoms with E-state index >= 15 is 0 Å². The second-order valence-corrected chi connectivity index (χ2v) is 9.40. The molecule has 2 aromatic carbocycles. The topological polar surface area (TPSA) is 67.9 Å². The highest BCUT2D eigenvalue weighted by Crippen LogP contribution is 2.39. The van der Waals surface area contributed by atoms with Crippen LogP contribution in [0.5, 0.6) is 0 Å². The molecule has 10 heteroatoms. The van der Waals surface area contributed by atoms with Crippen LogP contribution in [0.15, 0.2) is 42.5 Å². The molecule has 0 aliphatic carbocycles. The van der Waals surface area contributed by atoms with Crippen LogP contribution in [-0.2, 0) is 22.3 Å². The highest BCUT2D eigenvalue weighted by Gasteiger charge is 2.35. The van der Waals surface area contributed by atoms with Crippen molar-refractivity contribution in [1.82, 2.24) is 15.1 Å². The Morgan fingerprint density at radius 1 is 0.944 bits per heavy atom. The summed E-state index contributed by atoms with van der Waals surface area (Å²) in [5.74, 6) is -0.163. The number of amides is 2. The Kier molecular flexibility index (Phi) is 8.03. The van der Waals surface area contributed by atoms with Gasteiger partial charge in [0.05, 0.1) is 18.7 Å². The third kappa shape index (κ3) is 6.69. The predicted molar refractivity (Wildman–Crippen MR) is 133 cm³/mol. The number of benzene rings is 2. The number of halogens is 3. The molecule has 2 saturated heterocycles. The normalized spacial score (nSPS) is 17.3. The molecule has 0 spiro atoms. The van der Waals surface area contributed by atoms with Crippen LogP contribution in [0.3, 0.4) is 0 Å². The highest BCUT2D eigenvalue weighted by atomic mass is 19.4. The Morgan fingerprint density at radius 3 is 2.31 bits per heavy atom. The minimum Gasteiger partial charge on any atom is -0.371 e. The standard InChI is InChI=1S/C26H32F3N5O2/c1-32-13-14-33(18-25(32)36)17-24(35)30-16-19-5-7-20(8-6-19)31-21-9-10-23(22(15-21)26(27,28)29)34-11-3-2-4-12-34/h5-10,15,31H,2-4,11-14,16-18H2,1H3,(H,30,35). The Morgan fingerprint density at radius 2 is 1.64 bits per heavy atom. The molecule has 0 unspecified atom stereocenters. The lowest BCUT2D eigenvalue weighted by Crippen LogP contribution is -2.51. The number of carbonyl (C=O) groups excluding carboxylic acids is 2. The molecule has 7 nitrogen and oxygen atoms in total. The van der Waals surface area contributed by atoms with E-state index in [2.05, 4.69) is 10.6 Å². The fraction of sp³-hybridized carbons (Fsp3) is 0.462. The van der Waals surface area contributed by atoms with E-state index in [1.807, 2.05) is 21.9 Å². The fourth-order valence-corrected chi connectivity index (χ4v) is 4.53. The van der Waals surface area contributed by atoms with E-state index in [1.165, 1.54) is 6.07 Å². The second-order valence-electron chi connectivity index (χ2n) is 9.40. The number of rotatable bonds is 7. The van der Waals surface area contributed by atoms with Crippen LogP contribution in [0.2, 0.25) is 0 Å². The number of nitrogens with zero attached hydrogens (tertiary/aromatic N) is 3. The summed E-state index contributed by atoms with van der Waals surface area (Å²) < 4.78 is 41.4. The molecule has 2 heterocycles. The van der Waals surface area contributed by atoms with Crippen molar-refractivity contribution in [3.63, 3.8) is 0 Å². The van der Waals surface area contributed by atoms with E-state index in [0.29, 0.717) is 44.1 Å². The van der Waals surface area contributed by atoms with Crippen LogP contribution < -0.4 is 15.5 Å². The molecule has 0 atom stereocenters. The zero-order valence-corrected chi connectivity index (χ0v) is 20.4. The zero-order chi connectivity index (χ0) is 25.7. The Balaban J connectivity index is 1.33. The Labute approximate surface area is 209 Å². The minimum atomic E-state index is -4.44. The summed E-state index contributed by atoms with van der Waals surface area (Å²) in [6, 6.07) is 11.6. The largest absolute Gasteiger partial charge is 0.418 e. The smallest absolute Gasteiger partial charge is 0.371 e. The number of carbonyl (C=O) groups is 2. The van der Waals surface area contributed by atoms with Crippen LogP contribution in [0.25, 0.3) is 0 Å². The lowest BCUT2D eigenvalue weighted by molar-refractivity contribution is -0.137. The van der Waals surface area contributed by atoms with E-state index in [9.17, 15) is 22.8 Å². The fourth-order valence-electron chi connectivity index (χ4n) is 4.53. The van der Waals surface area contributed by atoms with Gasteiger partial charge in [0, 0.05) is 56.8 Å². The Bertz CT molecular complexity index is 1070. The molecule has 36 heavy (non-hydrogen) atoms. The molecule has 4 rings (SSSR count). The maximum Gasteiger partial charge on any atom is 0.418 e. The molecule has 2 fully saturated rings. The third-order valence-corrected chi connectivity index (χ3v) is 6.63. The van der Waals surface area contributed by atoms with Crippen molar-refractivity contribution in [3.05, 3.63) is 53.6 Å². The summed E-state index contributed by atoms with van der Waals surface area (Å²) in [6.07, 6.45) is -1.59. The van der Waals surface area contributed by atoms with E-state index in [4.69, 9.17) is 0 Å². The molecule has 0 radical (unpaired) electrons. The first kappa shape index (κ1) is 25.8. The lowest BCUT2D eigenvalue weighted by atomic mass is 10.1. The van der Waals surface area contributed by atoms with Gasteiger partial charge in [0.2, 0.25) is 11.8 Å². The average Bonchev–Trinajstić information content (AvgIpc) is 2.86. The molecule has 2 aliphatic heterocycles. The summed E-state index contributed by atoms with van der Waals surface area (Å²) in [6.45, 7) is 3.26. The van der Waals surface area contributed by atoms with Gasteiger partial charge in [-0.2, -0.15) is 13.2 Å². The molecule has 0 bridgehead atoms. The average molecular weight is 504 g/mol. The van der Waals surface area contributed by atoms with Gasteiger partial charge in [-0.1, -0.05) is 12.1 Å². The van der Waals surface area contributed by atoms with Gasteiger partial charge in [-0.25, -0.2) is 0 Å². The number of hydrogen-bond acceptors (Lipinski definition) is 5. The van der Waals surface area contributed by atoms with E-state index < -0.39 is 11.7 Å². The molecule has 2 aliphatic rings. The maximum absolute atomic E-state index is 13.8. The van der Waals surface area contributed by atoms with E-state index in [0.717, 1.165) is 24.8 Å². The SMILES string of the molecule is CN1CCN(CC(=O)NCc2ccc(Nc3ccc(N4CCCCC4)c(C(F)(F)F)c3)cc2)CC1=O. The first-order valence-corrected chi connectivity index (χ1v) is 12.2. The van der Waals surface area contributed by atoms with Gasteiger partial charge in [-0.15, -0.1) is 0 Å². The van der Waals surface area contributed by atoms with Gasteiger partial charge in [0.1, 0.15) is 0 Å². The van der Waals surface area contributed by atoms with Gasteiger partial charge in [-0.3, -0.25) is 14.5 Å². The number of piperidine rings is 1. The zero-order valence-electron chi connectivity index (χ0n) is 20.4. The summed E-state index contributed by atoms with van der Waals surface area (Å²) in [7, 11) is 1.75. The first-order chi connectivity index (χ1) is 17.2. The summed E-state index contributed by atoms with van der Waals surface area (Å²) in [4.78, 5) is 29.3. The van der Waals surface area contributed by atoms with Gasteiger partial charge < -0.3 is 20.4 Å². The second kappa shape index (κ2) is 11.2. The molecule has 194 valence electrons. The van der Waals surface area contributed by atoms with Crippen molar-refractivity contribution in [1.29, 1.82) is 0 Å².